The lowest BCUT2D eigenvalue weighted by Gasteiger charge is -2.22. The molecule has 0 aliphatic carbocycles. The molecule has 7 heteroatoms. The Morgan fingerprint density at radius 1 is 1.00 bits per heavy atom. The zero-order chi connectivity index (χ0) is 19.1. The van der Waals surface area contributed by atoms with Crippen molar-refractivity contribution in [2.75, 3.05) is 0 Å². The van der Waals surface area contributed by atoms with Crippen LogP contribution in [-0.2, 0) is 10.7 Å². The van der Waals surface area contributed by atoms with E-state index in [4.69, 9.17) is 4.74 Å². The molecule has 0 aliphatic rings. The monoisotopic (exact) mass is 420 g/mol. The first-order valence-corrected chi connectivity index (χ1v) is 8.53. The van der Waals surface area contributed by atoms with Crippen molar-refractivity contribution in [3.05, 3.63) is 52.1 Å². The zero-order valence-corrected chi connectivity index (χ0v) is 15.7. The summed E-state index contributed by atoms with van der Waals surface area (Å²) in [4.78, 5) is 0. The van der Waals surface area contributed by atoms with Gasteiger partial charge in [-0.15, -0.1) is 0 Å². The van der Waals surface area contributed by atoms with Crippen molar-refractivity contribution in [1.82, 2.24) is 0 Å². The van der Waals surface area contributed by atoms with Crippen molar-refractivity contribution < 1.29 is 27.4 Å². The van der Waals surface area contributed by atoms with E-state index in [1.54, 1.807) is 6.07 Å². The van der Waals surface area contributed by atoms with Gasteiger partial charge in [-0.25, -0.2) is 13.2 Å². The number of ether oxygens (including phenoxy) is 1. The summed E-state index contributed by atoms with van der Waals surface area (Å²) in [6.07, 6.45) is 0. The number of rotatable bonds is 3. The molecule has 0 aromatic heterocycles. The molecular formula is C18H17BrF4O2. The van der Waals surface area contributed by atoms with E-state index in [-0.39, 0.29) is 22.2 Å². The second-order valence-electron chi connectivity index (χ2n) is 6.68. The highest BCUT2D eigenvalue weighted by atomic mass is 79.9. The van der Waals surface area contributed by atoms with Crippen molar-refractivity contribution in [2.24, 2.45) is 0 Å². The highest BCUT2D eigenvalue weighted by Gasteiger charge is 2.27. The minimum absolute atomic E-state index is 0.245. The van der Waals surface area contributed by atoms with Crippen LogP contribution in [0.3, 0.4) is 0 Å². The third-order valence-corrected chi connectivity index (χ3v) is 4.42. The molecule has 0 atom stereocenters. The Bertz CT molecular complexity index is 800. The first-order chi connectivity index (χ1) is 11.5. The van der Waals surface area contributed by atoms with E-state index >= 15 is 0 Å². The van der Waals surface area contributed by atoms with Gasteiger partial charge >= 0.3 is 0 Å². The van der Waals surface area contributed by atoms with E-state index in [0.717, 1.165) is 12.5 Å². The van der Waals surface area contributed by atoms with Crippen LogP contribution in [0.5, 0.6) is 17.2 Å². The van der Waals surface area contributed by atoms with Crippen molar-refractivity contribution in [1.29, 1.82) is 0 Å². The van der Waals surface area contributed by atoms with Gasteiger partial charge in [0.25, 0.3) is 0 Å². The fourth-order valence-electron chi connectivity index (χ4n) is 2.20. The van der Waals surface area contributed by atoms with Gasteiger partial charge in [-0.2, -0.15) is 4.39 Å². The van der Waals surface area contributed by atoms with Crippen LogP contribution in [-0.4, -0.2) is 5.11 Å². The van der Waals surface area contributed by atoms with E-state index in [1.807, 2.05) is 20.8 Å². The van der Waals surface area contributed by atoms with Crippen LogP contribution in [0, 0.1) is 30.2 Å². The Labute approximate surface area is 151 Å². The maximum Gasteiger partial charge on any atom is 0.207 e. The van der Waals surface area contributed by atoms with Crippen molar-refractivity contribution in [2.45, 2.75) is 38.4 Å². The molecule has 0 saturated carbocycles. The molecule has 0 unspecified atom stereocenters. The van der Waals surface area contributed by atoms with E-state index in [9.17, 15) is 22.7 Å². The molecule has 0 fully saturated rings. The number of aromatic hydroxyl groups is 1. The average Bonchev–Trinajstić information content (AvgIpc) is 2.55. The highest BCUT2D eigenvalue weighted by Crippen LogP contribution is 2.41. The van der Waals surface area contributed by atoms with Crippen LogP contribution in [0.4, 0.5) is 17.6 Å². The number of phenols is 1. The maximum absolute atomic E-state index is 14.2. The fourth-order valence-corrected chi connectivity index (χ4v) is 2.63. The predicted molar refractivity (Wildman–Crippen MR) is 90.5 cm³/mol. The van der Waals surface area contributed by atoms with Gasteiger partial charge in [0.15, 0.2) is 29.0 Å². The largest absolute Gasteiger partial charge is 0.504 e. The molecule has 0 heterocycles. The van der Waals surface area contributed by atoms with Gasteiger partial charge in [0, 0.05) is 16.5 Å². The van der Waals surface area contributed by atoms with Crippen LogP contribution in [0.15, 0.2) is 12.1 Å². The molecule has 2 aromatic carbocycles. The SMILES string of the molecule is Cc1c(F)c(F)c(F)c(Oc2cc(C(C)(C)C)cc(CBr)c2O)c1F. The Morgan fingerprint density at radius 3 is 2.12 bits per heavy atom. The number of hydrogen-bond donors (Lipinski definition) is 1. The van der Waals surface area contributed by atoms with E-state index in [1.165, 1.54) is 6.07 Å². The molecule has 2 rings (SSSR count). The zero-order valence-electron chi connectivity index (χ0n) is 14.1. The van der Waals surface area contributed by atoms with Crippen LogP contribution < -0.4 is 4.74 Å². The summed E-state index contributed by atoms with van der Waals surface area (Å²) in [5.41, 5.74) is 0.113. The van der Waals surface area contributed by atoms with Crippen LogP contribution >= 0.6 is 15.9 Å². The molecule has 2 aromatic rings. The van der Waals surface area contributed by atoms with Gasteiger partial charge in [-0.1, -0.05) is 42.8 Å². The van der Waals surface area contributed by atoms with Crippen molar-refractivity contribution >= 4 is 15.9 Å². The van der Waals surface area contributed by atoms with Crippen molar-refractivity contribution in [3.8, 4) is 17.2 Å². The molecule has 0 amide bonds. The minimum atomic E-state index is -1.83. The lowest BCUT2D eigenvalue weighted by atomic mass is 9.86. The molecule has 0 saturated heterocycles. The van der Waals surface area contributed by atoms with Gasteiger partial charge in [-0.05, 0) is 24.0 Å². The standard InChI is InChI=1S/C18H17BrF4O2/c1-8-12(20)14(22)15(23)17(13(8)21)25-11-6-10(18(2,3)4)5-9(7-19)16(11)24/h5-6,24H,7H2,1-4H3. The third kappa shape index (κ3) is 3.61. The molecular weight excluding hydrogens is 404 g/mol. The van der Waals surface area contributed by atoms with Gasteiger partial charge in [-0.3, -0.25) is 0 Å². The molecule has 25 heavy (non-hydrogen) atoms. The number of halogens is 5. The smallest absolute Gasteiger partial charge is 0.207 e. The van der Waals surface area contributed by atoms with Crippen molar-refractivity contribution in [3.63, 3.8) is 0 Å². The molecule has 0 aliphatic heterocycles. The summed E-state index contributed by atoms with van der Waals surface area (Å²) < 4.78 is 60.3. The fraction of sp³-hybridized carbons (Fsp3) is 0.333. The third-order valence-electron chi connectivity index (χ3n) is 3.82. The summed E-state index contributed by atoms with van der Waals surface area (Å²) >= 11 is 3.22. The summed E-state index contributed by atoms with van der Waals surface area (Å²) in [6.45, 7) is 6.69. The molecule has 0 spiro atoms. The topological polar surface area (TPSA) is 29.5 Å². The first kappa shape index (κ1) is 19.6. The highest BCUT2D eigenvalue weighted by molar-refractivity contribution is 9.08. The molecule has 136 valence electrons. The maximum atomic E-state index is 14.2. The number of phenolic OH excluding ortho intramolecular Hbond substituents is 1. The Hall–Kier alpha value is -1.76. The lowest BCUT2D eigenvalue weighted by Crippen LogP contribution is -2.12. The quantitative estimate of drug-likeness (QED) is 0.275. The molecule has 0 bridgehead atoms. The van der Waals surface area contributed by atoms with Gasteiger partial charge in [0.2, 0.25) is 11.6 Å². The van der Waals surface area contributed by atoms with E-state index < -0.39 is 34.6 Å². The van der Waals surface area contributed by atoms with Crippen LogP contribution in [0.1, 0.15) is 37.5 Å². The summed E-state index contributed by atoms with van der Waals surface area (Å²) in [7, 11) is 0. The van der Waals surface area contributed by atoms with E-state index in [2.05, 4.69) is 15.9 Å². The van der Waals surface area contributed by atoms with E-state index in [0.29, 0.717) is 5.56 Å². The van der Waals surface area contributed by atoms with Gasteiger partial charge in [0.1, 0.15) is 0 Å². The molecule has 0 radical (unpaired) electrons. The Kier molecular flexibility index (Phi) is 5.37. The summed E-state index contributed by atoms with van der Waals surface area (Å²) in [5.74, 6) is -8.29. The molecule has 1 N–H and O–H groups in total. The normalized spacial score (nSPS) is 11.7. The van der Waals surface area contributed by atoms with Gasteiger partial charge < -0.3 is 9.84 Å². The Morgan fingerprint density at radius 2 is 1.60 bits per heavy atom. The Balaban J connectivity index is 2.66. The van der Waals surface area contributed by atoms with Crippen LogP contribution in [0.2, 0.25) is 0 Å². The lowest BCUT2D eigenvalue weighted by molar-refractivity contribution is 0.347. The first-order valence-electron chi connectivity index (χ1n) is 7.41. The minimum Gasteiger partial charge on any atom is -0.504 e. The molecule has 2 nitrogen and oxygen atoms in total. The van der Waals surface area contributed by atoms with Gasteiger partial charge in [0.05, 0.1) is 0 Å². The summed E-state index contributed by atoms with van der Waals surface area (Å²) in [5, 5.41) is 10.5. The second-order valence-corrected chi connectivity index (χ2v) is 7.24. The number of hydrogen-bond acceptors (Lipinski definition) is 2. The summed E-state index contributed by atoms with van der Waals surface area (Å²) in [6, 6.07) is 3.14. The predicted octanol–water partition coefficient (Wildman–Crippen LogP) is 6.24. The average molecular weight is 421 g/mol. The number of alkyl halides is 1. The number of benzene rings is 2. The van der Waals surface area contributed by atoms with Crippen LogP contribution in [0.25, 0.3) is 0 Å². The second kappa shape index (κ2) is 6.86.